The van der Waals surface area contributed by atoms with E-state index in [9.17, 15) is 4.79 Å². The largest absolute Gasteiger partial charge is 0.445 e. The van der Waals surface area contributed by atoms with Crippen LogP contribution in [0.25, 0.3) is 0 Å². The molecule has 0 aliphatic rings. The van der Waals surface area contributed by atoms with E-state index in [1.54, 1.807) is 0 Å². The van der Waals surface area contributed by atoms with E-state index in [1.807, 2.05) is 26.0 Å². The van der Waals surface area contributed by atoms with Crippen molar-refractivity contribution in [2.75, 3.05) is 0 Å². The van der Waals surface area contributed by atoms with Gasteiger partial charge >= 0.3 is 6.09 Å². The van der Waals surface area contributed by atoms with Gasteiger partial charge in [0.15, 0.2) is 0 Å². The van der Waals surface area contributed by atoms with Crippen LogP contribution >= 0.6 is 0 Å². The Kier molecular flexibility index (Phi) is 3.68. The second kappa shape index (κ2) is 4.79. The lowest BCUT2D eigenvalue weighted by molar-refractivity contribution is 0.150. The molecule has 0 aromatic heterocycles. The lowest BCUT2D eigenvalue weighted by atomic mass is 10.00. The van der Waals surface area contributed by atoms with Crippen LogP contribution in [0.1, 0.15) is 22.3 Å². The maximum absolute atomic E-state index is 10.4. The van der Waals surface area contributed by atoms with E-state index in [-0.39, 0.29) is 6.61 Å². The summed E-state index contributed by atoms with van der Waals surface area (Å²) in [6.45, 7) is 4.71. The Labute approximate surface area is 89.2 Å². The van der Waals surface area contributed by atoms with E-state index in [0.717, 1.165) is 22.3 Å². The molecule has 0 bridgehead atoms. The van der Waals surface area contributed by atoms with Gasteiger partial charge < -0.3 is 16.2 Å². The molecule has 4 nitrogen and oxygen atoms in total. The van der Waals surface area contributed by atoms with E-state index in [1.165, 1.54) is 0 Å². The summed E-state index contributed by atoms with van der Waals surface area (Å²) in [5, 5.41) is 0. The van der Waals surface area contributed by atoms with Crippen molar-refractivity contribution in [2.45, 2.75) is 27.0 Å². The first-order chi connectivity index (χ1) is 7.04. The summed E-state index contributed by atoms with van der Waals surface area (Å²) in [5.41, 5.74) is 14.8. The summed E-state index contributed by atoms with van der Waals surface area (Å²) in [4.78, 5) is 10.4. The monoisotopic (exact) mass is 208 g/mol. The number of primary amides is 1. The molecule has 0 saturated carbocycles. The molecule has 0 saturated heterocycles. The zero-order chi connectivity index (χ0) is 11.4. The van der Waals surface area contributed by atoms with Crippen molar-refractivity contribution in [3.63, 3.8) is 0 Å². The predicted molar refractivity (Wildman–Crippen MR) is 58.2 cm³/mol. The van der Waals surface area contributed by atoms with Gasteiger partial charge in [0, 0.05) is 6.54 Å². The molecule has 0 fully saturated rings. The highest BCUT2D eigenvalue weighted by Crippen LogP contribution is 2.16. The van der Waals surface area contributed by atoms with E-state index in [2.05, 4.69) is 0 Å². The number of hydrogen-bond acceptors (Lipinski definition) is 3. The molecule has 1 aromatic rings. The first-order valence-corrected chi connectivity index (χ1v) is 4.76. The molecule has 0 aliphatic carbocycles. The number of rotatable bonds is 3. The SMILES string of the molecule is Cc1cc(COC(N)=O)cc(C)c1CN. The Bertz CT molecular complexity index is 352. The first-order valence-electron chi connectivity index (χ1n) is 4.76. The van der Waals surface area contributed by atoms with Crippen LogP contribution in [0.5, 0.6) is 0 Å². The number of amides is 1. The molecule has 0 aliphatic heterocycles. The second-order valence-electron chi connectivity index (χ2n) is 3.52. The van der Waals surface area contributed by atoms with Crippen LogP contribution in [0, 0.1) is 13.8 Å². The van der Waals surface area contributed by atoms with Crippen LogP contribution < -0.4 is 11.5 Å². The fraction of sp³-hybridized carbons (Fsp3) is 0.364. The van der Waals surface area contributed by atoms with Crippen LogP contribution in [0.2, 0.25) is 0 Å². The van der Waals surface area contributed by atoms with Gasteiger partial charge in [-0.15, -0.1) is 0 Å². The molecular weight excluding hydrogens is 192 g/mol. The minimum absolute atomic E-state index is 0.210. The van der Waals surface area contributed by atoms with E-state index < -0.39 is 6.09 Å². The van der Waals surface area contributed by atoms with Gasteiger partial charge in [-0.1, -0.05) is 12.1 Å². The third kappa shape index (κ3) is 2.95. The van der Waals surface area contributed by atoms with Crippen molar-refractivity contribution >= 4 is 6.09 Å². The van der Waals surface area contributed by atoms with Crippen LogP contribution in [0.3, 0.4) is 0 Å². The van der Waals surface area contributed by atoms with Crippen LogP contribution in [0.15, 0.2) is 12.1 Å². The Morgan fingerprint density at radius 2 is 1.87 bits per heavy atom. The summed E-state index contributed by atoms with van der Waals surface area (Å²) in [6, 6.07) is 3.91. The van der Waals surface area contributed by atoms with Crippen molar-refractivity contribution in [3.8, 4) is 0 Å². The van der Waals surface area contributed by atoms with Gasteiger partial charge in [-0.25, -0.2) is 4.79 Å². The van der Waals surface area contributed by atoms with Gasteiger partial charge in [0.05, 0.1) is 0 Å². The third-order valence-electron chi connectivity index (χ3n) is 2.34. The van der Waals surface area contributed by atoms with Gasteiger partial charge in [0.2, 0.25) is 0 Å². The van der Waals surface area contributed by atoms with Gasteiger partial charge in [0.1, 0.15) is 6.61 Å². The minimum Gasteiger partial charge on any atom is -0.445 e. The van der Waals surface area contributed by atoms with Crippen molar-refractivity contribution in [2.24, 2.45) is 11.5 Å². The Balaban J connectivity index is 2.88. The van der Waals surface area contributed by atoms with Crippen molar-refractivity contribution in [1.29, 1.82) is 0 Å². The lowest BCUT2D eigenvalue weighted by Gasteiger charge is -2.10. The molecule has 0 radical (unpaired) electrons. The van der Waals surface area contributed by atoms with Gasteiger partial charge in [-0.3, -0.25) is 0 Å². The molecule has 1 rings (SSSR count). The molecule has 1 amide bonds. The van der Waals surface area contributed by atoms with Crippen LogP contribution in [-0.2, 0) is 17.9 Å². The van der Waals surface area contributed by atoms with E-state index in [0.29, 0.717) is 6.54 Å². The molecular formula is C11H16N2O2. The van der Waals surface area contributed by atoms with E-state index >= 15 is 0 Å². The fourth-order valence-corrected chi connectivity index (χ4v) is 1.64. The summed E-state index contributed by atoms with van der Waals surface area (Å²) in [6.07, 6.45) is -0.756. The summed E-state index contributed by atoms with van der Waals surface area (Å²) in [5.74, 6) is 0. The Morgan fingerprint density at radius 3 is 2.27 bits per heavy atom. The highest BCUT2D eigenvalue weighted by molar-refractivity contribution is 5.64. The number of aryl methyl sites for hydroxylation is 2. The predicted octanol–water partition coefficient (Wildman–Crippen LogP) is 1.36. The lowest BCUT2D eigenvalue weighted by Crippen LogP contribution is -2.13. The third-order valence-corrected chi connectivity index (χ3v) is 2.34. The second-order valence-corrected chi connectivity index (χ2v) is 3.52. The van der Waals surface area contributed by atoms with Gasteiger partial charge in [-0.2, -0.15) is 0 Å². The Morgan fingerprint density at radius 1 is 1.33 bits per heavy atom. The molecule has 15 heavy (non-hydrogen) atoms. The van der Waals surface area contributed by atoms with Crippen LogP contribution in [0.4, 0.5) is 4.79 Å². The van der Waals surface area contributed by atoms with Gasteiger partial charge in [0.25, 0.3) is 0 Å². The zero-order valence-corrected chi connectivity index (χ0v) is 9.04. The molecule has 0 atom stereocenters. The number of ether oxygens (including phenoxy) is 1. The highest BCUT2D eigenvalue weighted by Gasteiger charge is 2.04. The topological polar surface area (TPSA) is 78.3 Å². The average molecular weight is 208 g/mol. The Hall–Kier alpha value is -1.55. The van der Waals surface area contributed by atoms with Crippen LogP contribution in [-0.4, -0.2) is 6.09 Å². The molecule has 0 spiro atoms. The summed E-state index contributed by atoms with van der Waals surface area (Å²) < 4.78 is 4.72. The van der Waals surface area contributed by atoms with Crippen molar-refractivity contribution < 1.29 is 9.53 Å². The summed E-state index contributed by atoms with van der Waals surface area (Å²) in [7, 11) is 0. The number of carbonyl (C=O) groups is 1. The molecule has 0 unspecified atom stereocenters. The van der Waals surface area contributed by atoms with Gasteiger partial charge in [-0.05, 0) is 36.1 Å². The standard InChI is InChI=1S/C11H16N2O2/c1-7-3-9(6-15-11(13)14)4-8(2)10(7)5-12/h3-4H,5-6,12H2,1-2H3,(H2,13,14). The summed E-state index contributed by atoms with van der Waals surface area (Å²) >= 11 is 0. The fourth-order valence-electron chi connectivity index (χ4n) is 1.64. The van der Waals surface area contributed by atoms with Crippen molar-refractivity contribution in [1.82, 2.24) is 0 Å². The number of hydrogen-bond donors (Lipinski definition) is 2. The highest BCUT2D eigenvalue weighted by atomic mass is 16.5. The van der Waals surface area contributed by atoms with Crippen molar-refractivity contribution in [3.05, 3.63) is 34.4 Å². The normalized spacial score (nSPS) is 10.1. The maximum Gasteiger partial charge on any atom is 0.404 e. The molecule has 4 N–H and O–H groups in total. The number of benzene rings is 1. The molecule has 82 valence electrons. The first kappa shape index (κ1) is 11.5. The zero-order valence-electron chi connectivity index (χ0n) is 9.04. The maximum atomic E-state index is 10.4. The molecule has 1 aromatic carbocycles. The molecule has 4 heteroatoms. The minimum atomic E-state index is -0.756. The molecule has 0 heterocycles. The average Bonchev–Trinajstić information content (AvgIpc) is 2.14. The van der Waals surface area contributed by atoms with E-state index in [4.69, 9.17) is 16.2 Å². The number of nitrogens with two attached hydrogens (primary N) is 2. The smallest absolute Gasteiger partial charge is 0.404 e. The quantitative estimate of drug-likeness (QED) is 0.787. The number of carbonyl (C=O) groups excluding carboxylic acids is 1.